The van der Waals surface area contributed by atoms with Gasteiger partial charge in [0.05, 0.1) is 12.5 Å². The van der Waals surface area contributed by atoms with Crippen LogP contribution in [0.3, 0.4) is 0 Å². The van der Waals surface area contributed by atoms with E-state index in [2.05, 4.69) is 5.32 Å². The number of aryl methyl sites for hydroxylation is 1. The van der Waals surface area contributed by atoms with Crippen molar-refractivity contribution in [3.8, 4) is 0 Å². The Balaban J connectivity index is 2.46. The molecule has 0 aromatic heterocycles. The number of carbonyl (C=O) groups is 2. The van der Waals surface area contributed by atoms with E-state index in [1.165, 1.54) is 0 Å². The molecule has 20 heavy (non-hydrogen) atoms. The molecule has 0 saturated carbocycles. The average Bonchev–Trinajstić information content (AvgIpc) is 2.42. The van der Waals surface area contributed by atoms with E-state index < -0.39 is 5.97 Å². The van der Waals surface area contributed by atoms with Gasteiger partial charge in [-0.2, -0.15) is 0 Å². The molecule has 0 aliphatic heterocycles. The van der Waals surface area contributed by atoms with Crippen molar-refractivity contribution in [1.29, 1.82) is 0 Å². The predicted octanol–water partition coefficient (Wildman–Crippen LogP) is 1.41. The van der Waals surface area contributed by atoms with Gasteiger partial charge in [0.25, 0.3) is 0 Å². The van der Waals surface area contributed by atoms with E-state index in [1.54, 1.807) is 18.9 Å². The van der Waals surface area contributed by atoms with E-state index in [0.717, 1.165) is 11.1 Å². The number of nitrogens with one attached hydrogen (secondary N) is 1. The molecule has 5 nitrogen and oxygen atoms in total. The third-order valence-electron chi connectivity index (χ3n) is 3.43. The summed E-state index contributed by atoms with van der Waals surface area (Å²) in [6.07, 6.45) is 0.0336. The molecule has 1 aromatic carbocycles. The van der Waals surface area contributed by atoms with E-state index in [4.69, 9.17) is 5.11 Å². The van der Waals surface area contributed by atoms with E-state index in [0.29, 0.717) is 13.1 Å². The van der Waals surface area contributed by atoms with Gasteiger partial charge in [0.15, 0.2) is 0 Å². The largest absolute Gasteiger partial charge is 0.481 e. The lowest BCUT2D eigenvalue weighted by Crippen LogP contribution is -2.43. The van der Waals surface area contributed by atoms with Crippen molar-refractivity contribution < 1.29 is 14.7 Å². The topological polar surface area (TPSA) is 69.6 Å². The van der Waals surface area contributed by atoms with Crippen molar-refractivity contribution in [2.45, 2.75) is 32.9 Å². The number of carboxylic acid groups (broad SMARTS) is 1. The molecule has 2 N–H and O–H groups in total. The molecule has 1 aromatic rings. The van der Waals surface area contributed by atoms with Crippen molar-refractivity contribution in [2.75, 3.05) is 13.6 Å². The van der Waals surface area contributed by atoms with Crippen molar-refractivity contribution >= 4 is 11.9 Å². The zero-order valence-corrected chi connectivity index (χ0v) is 12.2. The van der Waals surface area contributed by atoms with Crippen LogP contribution in [0.5, 0.6) is 0 Å². The van der Waals surface area contributed by atoms with Crippen LogP contribution < -0.4 is 5.32 Å². The molecule has 1 unspecified atom stereocenters. The van der Waals surface area contributed by atoms with Crippen LogP contribution in [0.2, 0.25) is 0 Å². The van der Waals surface area contributed by atoms with Crippen molar-refractivity contribution in [1.82, 2.24) is 10.2 Å². The first kappa shape index (κ1) is 16.2. The Morgan fingerprint density at radius 2 is 2.00 bits per heavy atom. The molecule has 0 heterocycles. The fourth-order valence-corrected chi connectivity index (χ4v) is 1.80. The molecule has 110 valence electrons. The normalized spacial score (nSPS) is 12.2. The number of aliphatic carboxylic acids is 1. The van der Waals surface area contributed by atoms with Crippen LogP contribution in [0.25, 0.3) is 0 Å². The van der Waals surface area contributed by atoms with Gasteiger partial charge in [-0.1, -0.05) is 24.3 Å². The van der Waals surface area contributed by atoms with E-state index in [-0.39, 0.29) is 18.4 Å². The fraction of sp³-hybridized carbons (Fsp3) is 0.467. The van der Waals surface area contributed by atoms with Crippen LogP contribution in [-0.2, 0) is 16.1 Å². The van der Waals surface area contributed by atoms with Crippen molar-refractivity contribution in [3.63, 3.8) is 0 Å². The summed E-state index contributed by atoms with van der Waals surface area (Å²) in [6.45, 7) is 4.62. The summed E-state index contributed by atoms with van der Waals surface area (Å²) < 4.78 is 0. The lowest BCUT2D eigenvalue weighted by atomic mass is 10.1. The van der Waals surface area contributed by atoms with Gasteiger partial charge < -0.3 is 10.4 Å². The number of hydrogen-bond acceptors (Lipinski definition) is 3. The number of carboxylic acids is 1. The van der Waals surface area contributed by atoms with Gasteiger partial charge in [-0.25, -0.2) is 0 Å². The monoisotopic (exact) mass is 278 g/mol. The number of likely N-dealkylation sites (N-methyl/N-ethyl adjacent to an activating group) is 1. The molecule has 1 atom stereocenters. The lowest BCUT2D eigenvalue weighted by Gasteiger charge is -2.23. The van der Waals surface area contributed by atoms with Gasteiger partial charge in [-0.15, -0.1) is 0 Å². The molecular weight excluding hydrogens is 256 g/mol. The first-order valence-corrected chi connectivity index (χ1v) is 6.66. The van der Waals surface area contributed by atoms with Gasteiger partial charge in [0, 0.05) is 13.1 Å². The van der Waals surface area contributed by atoms with Crippen LogP contribution in [-0.4, -0.2) is 41.5 Å². The summed E-state index contributed by atoms with van der Waals surface area (Å²) in [5.41, 5.74) is 2.22. The smallest absolute Gasteiger partial charge is 0.304 e. The summed E-state index contributed by atoms with van der Waals surface area (Å²) in [5, 5.41) is 11.5. The second-order valence-electron chi connectivity index (χ2n) is 4.94. The lowest BCUT2D eigenvalue weighted by molar-refractivity contribution is -0.138. The molecule has 1 rings (SSSR count). The van der Waals surface area contributed by atoms with Crippen molar-refractivity contribution in [3.05, 3.63) is 35.4 Å². The summed E-state index contributed by atoms with van der Waals surface area (Å²) in [5.74, 6) is -0.953. The van der Waals surface area contributed by atoms with Gasteiger partial charge in [0.2, 0.25) is 5.91 Å². The second kappa shape index (κ2) is 7.65. The van der Waals surface area contributed by atoms with Crippen LogP contribution in [0.1, 0.15) is 24.5 Å². The van der Waals surface area contributed by atoms with E-state index in [1.807, 2.05) is 31.2 Å². The number of carbonyl (C=O) groups excluding carboxylic acids is 1. The van der Waals surface area contributed by atoms with Gasteiger partial charge in [0.1, 0.15) is 0 Å². The molecule has 5 heteroatoms. The number of nitrogens with zero attached hydrogens (tertiary/aromatic N) is 1. The Morgan fingerprint density at radius 3 is 2.60 bits per heavy atom. The summed E-state index contributed by atoms with van der Waals surface area (Å²) in [6, 6.07) is 7.54. The van der Waals surface area contributed by atoms with Gasteiger partial charge in [-0.05, 0) is 32.0 Å². The quantitative estimate of drug-likeness (QED) is 0.791. The van der Waals surface area contributed by atoms with Crippen LogP contribution in [0, 0.1) is 6.92 Å². The molecule has 0 radical (unpaired) electrons. The number of benzene rings is 1. The first-order valence-electron chi connectivity index (χ1n) is 6.66. The molecule has 1 amide bonds. The third kappa shape index (κ3) is 5.01. The van der Waals surface area contributed by atoms with Gasteiger partial charge in [-0.3, -0.25) is 14.5 Å². The fourth-order valence-electron chi connectivity index (χ4n) is 1.80. The van der Waals surface area contributed by atoms with Crippen LogP contribution in [0.4, 0.5) is 0 Å². The number of amides is 1. The maximum Gasteiger partial charge on any atom is 0.304 e. The van der Waals surface area contributed by atoms with E-state index in [9.17, 15) is 9.59 Å². The Hall–Kier alpha value is -1.88. The van der Waals surface area contributed by atoms with Crippen LogP contribution >= 0.6 is 0 Å². The Labute approximate surface area is 119 Å². The minimum Gasteiger partial charge on any atom is -0.481 e. The molecule has 0 aliphatic carbocycles. The third-order valence-corrected chi connectivity index (χ3v) is 3.43. The Bertz CT molecular complexity index is 474. The maximum absolute atomic E-state index is 12.0. The van der Waals surface area contributed by atoms with Gasteiger partial charge >= 0.3 is 5.97 Å². The molecule has 0 bridgehead atoms. The minimum absolute atomic E-state index is 0.0336. The molecular formula is C15H22N2O3. The Kier molecular flexibility index (Phi) is 6.18. The predicted molar refractivity (Wildman–Crippen MR) is 77.4 cm³/mol. The molecule has 0 aliphatic rings. The molecule has 0 saturated heterocycles. The maximum atomic E-state index is 12.0. The highest BCUT2D eigenvalue weighted by Crippen LogP contribution is 2.06. The minimum atomic E-state index is -0.857. The summed E-state index contributed by atoms with van der Waals surface area (Å²) >= 11 is 0. The number of rotatable bonds is 7. The van der Waals surface area contributed by atoms with Crippen molar-refractivity contribution in [2.24, 2.45) is 0 Å². The molecule has 0 fully saturated rings. The number of hydrogen-bond donors (Lipinski definition) is 2. The zero-order valence-electron chi connectivity index (χ0n) is 12.2. The zero-order chi connectivity index (χ0) is 15.1. The standard InChI is InChI=1S/C15H22N2O3/c1-11-6-4-5-7-13(11)10-16-15(20)12(2)17(3)9-8-14(18)19/h4-7,12H,8-10H2,1-3H3,(H,16,20)(H,18,19). The Morgan fingerprint density at radius 1 is 1.35 bits per heavy atom. The molecule has 0 spiro atoms. The highest BCUT2D eigenvalue weighted by atomic mass is 16.4. The second-order valence-corrected chi connectivity index (χ2v) is 4.94. The highest BCUT2D eigenvalue weighted by Gasteiger charge is 2.18. The summed E-state index contributed by atoms with van der Waals surface area (Å²) in [7, 11) is 1.75. The SMILES string of the molecule is Cc1ccccc1CNC(=O)C(C)N(C)CCC(=O)O. The van der Waals surface area contributed by atoms with E-state index >= 15 is 0 Å². The first-order chi connectivity index (χ1) is 9.41. The van der Waals surface area contributed by atoms with Crippen LogP contribution in [0.15, 0.2) is 24.3 Å². The average molecular weight is 278 g/mol. The summed E-state index contributed by atoms with van der Waals surface area (Å²) in [4.78, 5) is 24.3. The highest BCUT2D eigenvalue weighted by molar-refractivity contribution is 5.81.